The molecule has 0 amide bonds. The predicted octanol–water partition coefficient (Wildman–Crippen LogP) is 2.66. The molecule has 1 N–H and O–H groups in total. The van der Waals surface area contributed by atoms with Gasteiger partial charge in [-0.3, -0.25) is 0 Å². The van der Waals surface area contributed by atoms with Crippen LogP contribution in [0, 0.1) is 5.92 Å². The molecule has 104 valence electrons. The second-order valence-electron chi connectivity index (χ2n) is 6.46. The lowest BCUT2D eigenvalue weighted by Gasteiger charge is -2.47. The van der Waals surface area contributed by atoms with E-state index in [0.29, 0.717) is 24.7 Å². The number of hydrogen-bond donors (Lipinski definition) is 1. The van der Waals surface area contributed by atoms with Gasteiger partial charge in [0.2, 0.25) is 0 Å². The summed E-state index contributed by atoms with van der Waals surface area (Å²) in [6.07, 6.45) is 11.4. The Bertz CT molecular complexity index is 267. The lowest BCUT2D eigenvalue weighted by Crippen LogP contribution is -2.48. The second kappa shape index (κ2) is 5.48. The molecular formula is C15H26O3. The third-order valence-corrected chi connectivity index (χ3v) is 5.15. The first-order chi connectivity index (χ1) is 8.80. The van der Waals surface area contributed by atoms with E-state index in [1.54, 1.807) is 0 Å². The van der Waals surface area contributed by atoms with Crippen LogP contribution in [-0.2, 0) is 9.47 Å². The molecule has 1 aliphatic heterocycles. The van der Waals surface area contributed by atoms with Crippen molar-refractivity contribution in [2.75, 3.05) is 13.2 Å². The van der Waals surface area contributed by atoms with E-state index in [2.05, 4.69) is 0 Å². The summed E-state index contributed by atoms with van der Waals surface area (Å²) in [4.78, 5) is 0. The van der Waals surface area contributed by atoms with Gasteiger partial charge in [0.15, 0.2) is 0 Å². The van der Waals surface area contributed by atoms with Crippen molar-refractivity contribution in [3.05, 3.63) is 0 Å². The molecule has 3 fully saturated rings. The zero-order valence-corrected chi connectivity index (χ0v) is 11.3. The van der Waals surface area contributed by atoms with E-state index in [1.165, 1.54) is 19.3 Å². The number of aliphatic hydroxyl groups excluding tert-OH is 1. The lowest BCUT2D eigenvalue weighted by molar-refractivity contribution is -0.182. The van der Waals surface area contributed by atoms with Gasteiger partial charge >= 0.3 is 0 Å². The fourth-order valence-corrected chi connectivity index (χ4v) is 3.74. The molecule has 3 aliphatic rings. The standard InChI is InChI=1S/C15H26O3/c16-11-12-2-4-13(5-3-12)18-14-6-9-17-15(10-14)7-1-8-15/h12-14,16H,1-11H2. The van der Waals surface area contributed by atoms with Crippen LogP contribution in [0.25, 0.3) is 0 Å². The summed E-state index contributed by atoms with van der Waals surface area (Å²) < 4.78 is 12.2. The van der Waals surface area contributed by atoms with Crippen molar-refractivity contribution in [2.24, 2.45) is 5.92 Å². The molecule has 0 bridgehead atoms. The molecule has 0 radical (unpaired) electrons. The van der Waals surface area contributed by atoms with Crippen LogP contribution in [0.15, 0.2) is 0 Å². The van der Waals surface area contributed by atoms with Crippen molar-refractivity contribution in [2.45, 2.75) is 75.6 Å². The SMILES string of the molecule is OCC1CCC(OC2CCOC3(CCC3)C2)CC1. The van der Waals surface area contributed by atoms with Crippen LogP contribution in [-0.4, -0.2) is 36.1 Å². The highest BCUT2D eigenvalue weighted by atomic mass is 16.5. The van der Waals surface area contributed by atoms with Gasteiger partial charge in [0.05, 0.1) is 17.8 Å². The molecule has 1 heterocycles. The molecule has 1 spiro atoms. The summed E-state index contributed by atoms with van der Waals surface area (Å²) >= 11 is 0. The molecular weight excluding hydrogens is 228 g/mol. The first-order valence-corrected chi connectivity index (χ1v) is 7.70. The topological polar surface area (TPSA) is 38.7 Å². The van der Waals surface area contributed by atoms with Gasteiger partial charge in [-0.15, -0.1) is 0 Å². The van der Waals surface area contributed by atoms with Crippen molar-refractivity contribution in [3.8, 4) is 0 Å². The highest BCUT2D eigenvalue weighted by Crippen LogP contribution is 2.43. The maximum Gasteiger partial charge on any atom is 0.0707 e. The Labute approximate surface area is 110 Å². The molecule has 2 saturated carbocycles. The Morgan fingerprint density at radius 3 is 2.44 bits per heavy atom. The van der Waals surface area contributed by atoms with Crippen molar-refractivity contribution < 1.29 is 14.6 Å². The van der Waals surface area contributed by atoms with Crippen molar-refractivity contribution in [3.63, 3.8) is 0 Å². The van der Waals surface area contributed by atoms with Crippen LogP contribution in [0.2, 0.25) is 0 Å². The minimum Gasteiger partial charge on any atom is -0.396 e. The van der Waals surface area contributed by atoms with Gasteiger partial charge in [0, 0.05) is 19.6 Å². The second-order valence-corrected chi connectivity index (χ2v) is 6.46. The maximum absolute atomic E-state index is 9.15. The highest BCUT2D eigenvalue weighted by molar-refractivity contribution is 4.94. The van der Waals surface area contributed by atoms with Crippen LogP contribution < -0.4 is 0 Å². The minimum atomic E-state index is 0.200. The van der Waals surface area contributed by atoms with E-state index in [9.17, 15) is 0 Å². The van der Waals surface area contributed by atoms with Crippen LogP contribution in [0.4, 0.5) is 0 Å². The Balaban J connectivity index is 1.45. The molecule has 1 unspecified atom stereocenters. The first-order valence-electron chi connectivity index (χ1n) is 7.70. The monoisotopic (exact) mass is 254 g/mol. The quantitative estimate of drug-likeness (QED) is 0.841. The van der Waals surface area contributed by atoms with Gasteiger partial charge in [0.25, 0.3) is 0 Å². The Morgan fingerprint density at radius 1 is 1.06 bits per heavy atom. The van der Waals surface area contributed by atoms with E-state index >= 15 is 0 Å². The van der Waals surface area contributed by atoms with E-state index in [4.69, 9.17) is 14.6 Å². The van der Waals surface area contributed by atoms with E-state index in [-0.39, 0.29) is 5.60 Å². The van der Waals surface area contributed by atoms with Gasteiger partial charge in [-0.1, -0.05) is 0 Å². The molecule has 1 saturated heterocycles. The van der Waals surface area contributed by atoms with Gasteiger partial charge in [-0.2, -0.15) is 0 Å². The van der Waals surface area contributed by atoms with Gasteiger partial charge in [0.1, 0.15) is 0 Å². The maximum atomic E-state index is 9.15. The average Bonchev–Trinajstić information content (AvgIpc) is 2.38. The van der Waals surface area contributed by atoms with Gasteiger partial charge in [-0.25, -0.2) is 0 Å². The predicted molar refractivity (Wildman–Crippen MR) is 69.5 cm³/mol. The third-order valence-electron chi connectivity index (χ3n) is 5.15. The summed E-state index contributed by atoms with van der Waals surface area (Å²) in [6, 6.07) is 0. The minimum absolute atomic E-state index is 0.200. The van der Waals surface area contributed by atoms with Gasteiger partial charge < -0.3 is 14.6 Å². The van der Waals surface area contributed by atoms with Crippen LogP contribution >= 0.6 is 0 Å². The Kier molecular flexibility index (Phi) is 3.92. The fraction of sp³-hybridized carbons (Fsp3) is 1.00. The van der Waals surface area contributed by atoms with Crippen molar-refractivity contribution in [1.29, 1.82) is 0 Å². The normalized spacial score (nSPS) is 39.5. The lowest BCUT2D eigenvalue weighted by atomic mass is 9.74. The Morgan fingerprint density at radius 2 is 1.83 bits per heavy atom. The highest BCUT2D eigenvalue weighted by Gasteiger charge is 2.43. The third kappa shape index (κ3) is 2.73. The largest absolute Gasteiger partial charge is 0.396 e. The van der Waals surface area contributed by atoms with Crippen LogP contribution in [0.1, 0.15) is 57.8 Å². The fourth-order valence-electron chi connectivity index (χ4n) is 3.74. The first kappa shape index (κ1) is 12.9. The number of aliphatic hydroxyl groups is 1. The number of ether oxygens (including phenoxy) is 2. The molecule has 0 aromatic heterocycles. The smallest absolute Gasteiger partial charge is 0.0707 e. The summed E-state index contributed by atoms with van der Waals surface area (Å²) in [5.41, 5.74) is 0.200. The molecule has 1 atom stereocenters. The molecule has 0 aromatic rings. The van der Waals surface area contributed by atoms with Crippen LogP contribution in [0.5, 0.6) is 0 Å². The summed E-state index contributed by atoms with van der Waals surface area (Å²) in [7, 11) is 0. The number of hydrogen-bond acceptors (Lipinski definition) is 3. The molecule has 3 rings (SSSR count). The van der Waals surface area contributed by atoms with Gasteiger partial charge in [-0.05, 0) is 57.3 Å². The molecule has 3 nitrogen and oxygen atoms in total. The average molecular weight is 254 g/mol. The van der Waals surface area contributed by atoms with E-state index in [1.807, 2.05) is 0 Å². The summed E-state index contributed by atoms with van der Waals surface area (Å²) in [6.45, 7) is 1.24. The summed E-state index contributed by atoms with van der Waals surface area (Å²) in [5.74, 6) is 0.525. The zero-order chi connectivity index (χ0) is 12.4. The van der Waals surface area contributed by atoms with Crippen molar-refractivity contribution >= 4 is 0 Å². The zero-order valence-electron chi connectivity index (χ0n) is 11.3. The van der Waals surface area contributed by atoms with Crippen molar-refractivity contribution in [1.82, 2.24) is 0 Å². The molecule has 18 heavy (non-hydrogen) atoms. The summed E-state index contributed by atoms with van der Waals surface area (Å²) in [5, 5.41) is 9.15. The molecule has 2 aliphatic carbocycles. The molecule has 3 heteroatoms. The van der Waals surface area contributed by atoms with E-state index < -0.39 is 0 Å². The number of rotatable bonds is 3. The Hall–Kier alpha value is -0.120. The van der Waals surface area contributed by atoms with E-state index in [0.717, 1.165) is 45.1 Å². The molecule has 0 aromatic carbocycles. The van der Waals surface area contributed by atoms with Crippen LogP contribution in [0.3, 0.4) is 0 Å².